The summed E-state index contributed by atoms with van der Waals surface area (Å²) in [6, 6.07) is 2.87. The maximum atomic E-state index is 13.7. The van der Waals surface area contributed by atoms with Crippen molar-refractivity contribution in [1.82, 2.24) is 5.32 Å². The number of nitriles is 1. The van der Waals surface area contributed by atoms with Gasteiger partial charge in [0.1, 0.15) is 5.82 Å². The van der Waals surface area contributed by atoms with E-state index in [1.807, 2.05) is 6.07 Å². The fourth-order valence-electron chi connectivity index (χ4n) is 1.31. The Bertz CT molecular complexity index is 609. The molecule has 8 heteroatoms. The van der Waals surface area contributed by atoms with E-state index in [-0.39, 0.29) is 6.54 Å². The predicted octanol–water partition coefficient (Wildman–Crippen LogP) is 2.15. The molecule has 0 radical (unpaired) electrons. The van der Waals surface area contributed by atoms with E-state index in [4.69, 9.17) is 5.26 Å². The minimum atomic E-state index is -1.41. The monoisotopic (exact) mass is 283 g/mol. The Morgan fingerprint density at radius 1 is 1.50 bits per heavy atom. The molecule has 1 aromatic rings. The van der Waals surface area contributed by atoms with E-state index >= 15 is 0 Å². The van der Waals surface area contributed by atoms with Crippen molar-refractivity contribution in [2.24, 2.45) is 5.41 Å². The van der Waals surface area contributed by atoms with Gasteiger partial charge in [-0.15, -0.1) is 0 Å². The Morgan fingerprint density at radius 3 is 2.60 bits per heavy atom. The van der Waals surface area contributed by atoms with Crippen molar-refractivity contribution in [2.45, 2.75) is 13.8 Å². The van der Waals surface area contributed by atoms with Crippen molar-refractivity contribution in [3.63, 3.8) is 0 Å². The topological polar surface area (TPSA) is 96.0 Å². The van der Waals surface area contributed by atoms with Crippen molar-refractivity contribution in [3.05, 3.63) is 39.4 Å². The number of nitro benzene ring substituents is 1. The maximum Gasteiger partial charge on any atom is 0.308 e. The summed E-state index contributed by atoms with van der Waals surface area (Å²) < 4.78 is 26.9. The first-order chi connectivity index (χ1) is 9.18. The minimum Gasteiger partial charge on any atom is -0.350 e. The molecule has 106 valence electrons. The average Bonchev–Trinajstić information content (AvgIpc) is 2.38. The van der Waals surface area contributed by atoms with Crippen LogP contribution in [-0.2, 0) is 0 Å². The fourth-order valence-corrected chi connectivity index (χ4v) is 1.31. The lowest BCUT2D eigenvalue weighted by Crippen LogP contribution is -2.33. The standard InChI is InChI=1S/C12H11F2N3O3/c1-12(2,5-15)6-16-11(18)8-3-7(13)4-9(10(8)14)17(19)20/h3-4H,6H2,1-2H3,(H,16,18). The maximum absolute atomic E-state index is 13.7. The molecule has 0 bridgehead atoms. The number of hydrogen-bond acceptors (Lipinski definition) is 4. The van der Waals surface area contributed by atoms with E-state index < -0.39 is 39.1 Å². The van der Waals surface area contributed by atoms with E-state index in [2.05, 4.69) is 5.32 Å². The van der Waals surface area contributed by atoms with Crippen LogP contribution in [0.4, 0.5) is 14.5 Å². The first-order valence-electron chi connectivity index (χ1n) is 5.51. The lowest BCUT2D eigenvalue weighted by atomic mass is 9.96. The molecule has 1 amide bonds. The Kier molecular flexibility index (Phi) is 4.34. The van der Waals surface area contributed by atoms with Crippen LogP contribution in [0.15, 0.2) is 12.1 Å². The molecule has 0 saturated carbocycles. The average molecular weight is 283 g/mol. The zero-order chi connectivity index (χ0) is 15.5. The molecule has 0 aromatic heterocycles. The Labute approximate surface area is 113 Å². The predicted molar refractivity (Wildman–Crippen MR) is 64.7 cm³/mol. The number of nitro groups is 1. The van der Waals surface area contributed by atoms with Crippen LogP contribution in [0.2, 0.25) is 0 Å². The Hall–Kier alpha value is -2.56. The van der Waals surface area contributed by atoms with Gasteiger partial charge < -0.3 is 5.32 Å². The molecule has 1 aromatic carbocycles. The van der Waals surface area contributed by atoms with Gasteiger partial charge in [0.05, 0.1) is 28.0 Å². The van der Waals surface area contributed by atoms with Gasteiger partial charge in [-0.3, -0.25) is 14.9 Å². The molecule has 0 aliphatic rings. The second kappa shape index (κ2) is 5.61. The molecule has 0 spiro atoms. The molecule has 0 unspecified atom stereocenters. The second-order valence-corrected chi connectivity index (χ2v) is 4.72. The smallest absolute Gasteiger partial charge is 0.308 e. The van der Waals surface area contributed by atoms with E-state index in [1.165, 1.54) is 13.8 Å². The van der Waals surface area contributed by atoms with E-state index in [1.54, 1.807) is 0 Å². The summed E-state index contributed by atoms with van der Waals surface area (Å²) in [7, 11) is 0. The number of nitrogens with one attached hydrogen (secondary N) is 1. The molecule has 1 rings (SSSR count). The van der Waals surface area contributed by atoms with Gasteiger partial charge in [-0.25, -0.2) is 4.39 Å². The van der Waals surface area contributed by atoms with Crippen LogP contribution < -0.4 is 5.32 Å². The van der Waals surface area contributed by atoms with Gasteiger partial charge in [-0.05, 0) is 19.9 Å². The summed E-state index contributed by atoms with van der Waals surface area (Å²) in [4.78, 5) is 21.1. The first kappa shape index (κ1) is 15.5. The molecular formula is C12H11F2N3O3. The molecule has 0 atom stereocenters. The highest BCUT2D eigenvalue weighted by molar-refractivity contribution is 5.95. The fraction of sp³-hybridized carbons (Fsp3) is 0.333. The lowest BCUT2D eigenvalue weighted by molar-refractivity contribution is -0.387. The van der Waals surface area contributed by atoms with Crippen LogP contribution in [0.5, 0.6) is 0 Å². The molecule has 20 heavy (non-hydrogen) atoms. The van der Waals surface area contributed by atoms with Crippen LogP contribution in [-0.4, -0.2) is 17.4 Å². The van der Waals surface area contributed by atoms with Crippen molar-refractivity contribution in [3.8, 4) is 6.07 Å². The molecule has 0 aliphatic heterocycles. The third kappa shape index (κ3) is 3.47. The zero-order valence-corrected chi connectivity index (χ0v) is 10.7. The summed E-state index contributed by atoms with van der Waals surface area (Å²) in [6.07, 6.45) is 0. The van der Waals surface area contributed by atoms with Gasteiger partial charge in [-0.2, -0.15) is 9.65 Å². The molecule has 1 N–H and O–H groups in total. The summed E-state index contributed by atoms with van der Waals surface area (Å²) in [5, 5.41) is 21.5. The SMILES string of the molecule is CC(C)(C#N)CNC(=O)c1cc(F)cc([N+](=O)[O-])c1F. The second-order valence-electron chi connectivity index (χ2n) is 4.72. The molecule has 0 fully saturated rings. The molecule has 0 heterocycles. The first-order valence-corrected chi connectivity index (χ1v) is 5.51. The zero-order valence-electron chi connectivity index (χ0n) is 10.7. The van der Waals surface area contributed by atoms with E-state index in [9.17, 15) is 23.7 Å². The van der Waals surface area contributed by atoms with Gasteiger partial charge in [0.2, 0.25) is 5.82 Å². The third-order valence-corrected chi connectivity index (χ3v) is 2.45. The van der Waals surface area contributed by atoms with Crippen LogP contribution in [0.3, 0.4) is 0 Å². The molecule has 6 nitrogen and oxygen atoms in total. The number of carbonyl (C=O) groups excluding carboxylic acids is 1. The number of halogens is 2. The number of amides is 1. The van der Waals surface area contributed by atoms with Crippen molar-refractivity contribution < 1.29 is 18.5 Å². The van der Waals surface area contributed by atoms with Gasteiger partial charge in [-0.1, -0.05) is 0 Å². The van der Waals surface area contributed by atoms with Gasteiger partial charge >= 0.3 is 5.69 Å². The lowest BCUT2D eigenvalue weighted by Gasteiger charge is -2.15. The molecular weight excluding hydrogens is 272 g/mol. The molecule has 0 aliphatic carbocycles. The van der Waals surface area contributed by atoms with Gasteiger partial charge in [0.15, 0.2) is 0 Å². The summed E-state index contributed by atoms with van der Waals surface area (Å²) in [5.41, 5.74) is -2.79. The van der Waals surface area contributed by atoms with Crippen LogP contribution in [0, 0.1) is 38.5 Å². The van der Waals surface area contributed by atoms with E-state index in [0.717, 1.165) is 0 Å². The quantitative estimate of drug-likeness (QED) is 0.676. The van der Waals surface area contributed by atoms with Crippen molar-refractivity contribution in [1.29, 1.82) is 5.26 Å². The van der Waals surface area contributed by atoms with Crippen molar-refractivity contribution in [2.75, 3.05) is 6.54 Å². The number of benzene rings is 1. The van der Waals surface area contributed by atoms with Gasteiger partial charge in [0.25, 0.3) is 5.91 Å². The summed E-state index contributed by atoms with van der Waals surface area (Å²) >= 11 is 0. The molecule has 0 saturated heterocycles. The van der Waals surface area contributed by atoms with Crippen LogP contribution in [0.25, 0.3) is 0 Å². The Balaban J connectivity index is 3.06. The van der Waals surface area contributed by atoms with Crippen LogP contribution >= 0.6 is 0 Å². The van der Waals surface area contributed by atoms with Gasteiger partial charge in [0, 0.05) is 6.54 Å². The number of carbonyl (C=O) groups is 1. The van der Waals surface area contributed by atoms with E-state index in [0.29, 0.717) is 12.1 Å². The number of hydrogen-bond donors (Lipinski definition) is 1. The number of nitrogens with zero attached hydrogens (tertiary/aromatic N) is 2. The largest absolute Gasteiger partial charge is 0.350 e. The highest BCUT2D eigenvalue weighted by atomic mass is 19.1. The Morgan fingerprint density at radius 2 is 2.10 bits per heavy atom. The summed E-state index contributed by atoms with van der Waals surface area (Å²) in [5.74, 6) is -3.53. The van der Waals surface area contributed by atoms with Crippen molar-refractivity contribution >= 4 is 11.6 Å². The highest BCUT2D eigenvalue weighted by Crippen LogP contribution is 2.22. The van der Waals surface area contributed by atoms with Crippen LogP contribution in [0.1, 0.15) is 24.2 Å². The highest BCUT2D eigenvalue weighted by Gasteiger charge is 2.25. The minimum absolute atomic E-state index is 0.105. The third-order valence-electron chi connectivity index (χ3n) is 2.45. The normalized spacial score (nSPS) is 10.8. The number of rotatable bonds is 4. The summed E-state index contributed by atoms with van der Waals surface area (Å²) in [6.45, 7) is 2.97.